The molecule has 51 heavy (non-hydrogen) atoms. The van der Waals surface area contributed by atoms with Crippen molar-refractivity contribution in [2.75, 3.05) is 16.1 Å². The number of benzene rings is 4. The molecule has 260 valence electrons. The molecule has 0 heterocycles. The van der Waals surface area contributed by atoms with Crippen molar-refractivity contribution in [1.29, 1.82) is 0 Å². The van der Waals surface area contributed by atoms with Crippen molar-refractivity contribution in [3.63, 3.8) is 0 Å². The van der Waals surface area contributed by atoms with Crippen LogP contribution >= 0.6 is 0 Å². The molecule has 4 aromatic rings. The Kier molecular flexibility index (Phi) is 10.7. The minimum absolute atomic E-state index is 0.0225. The van der Waals surface area contributed by atoms with Crippen molar-refractivity contribution in [2.24, 2.45) is 0 Å². The van der Waals surface area contributed by atoms with Crippen LogP contribution in [0.2, 0.25) is 0 Å². The van der Waals surface area contributed by atoms with Gasteiger partial charge in [0.15, 0.2) is 0 Å². The number of anilines is 3. The fraction of sp³-hybridized carbons (Fsp3) is 0.0303. The Morgan fingerprint density at radius 2 is 0.667 bits per heavy atom. The van der Waals surface area contributed by atoms with Crippen LogP contribution in [-0.4, -0.2) is 47.6 Å². The van der Waals surface area contributed by atoms with Gasteiger partial charge in [-0.2, -0.15) is 0 Å². The van der Waals surface area contributed by atoms with Crippen LogP contribution in [-0.2, 0) is 11.4 Å². The van der Waals surface area contributed by atoms with Crippen LogP contribution in [0.25, 0.3) is 0 Å². The van der Waals surface area contributed by atoms with Gasteiger partial charge in [0.2, 0.25) is 0 Å². The number of carbonyl (C=O) groups excluding carboxylic acids is 8. The standard InChI is InChI=1S/C33H23N3O15/c37-26(34-23-7-17(28(39)40)4-18(8-23)29(41)42)15-1-14(13-51-36-25-11-21(32(47)48)6-22(12-25)33(49)50)2-16(3-15)27(38)35-24-9-19(30(43)44)5-20(10-24)31(45)46/h1-12,36H,13H2,(H,34,37)(H,35,38)(H,39,40)(H,41,42)(H,43,44)(H,45,46)(H,47,48)(H,49,50)/p-6. The topological polar surface area (TPSA) is 320 Å². The van der Waals surface area contributed by atoms with Crippen molar-refractivity contribution < 1.29 is 73.8 Å². The number of rotatable bonds is 14. The van der Waals surface area contributed by atoms with Crippen LogP contribution in [0, 0.1) is 0 Å². The molecule has 0 aliphatic carbocycles. The molecule has 0 aromatic heterocycles. The molecular formula is C33H17N3O15-6. The quantitative estimate of drug-likeness (QED) is 0.106. The second kappa shape index (κ2) is 15.1. The second-order valence-electron chi connectivity index (χ2n) is 10.3. The monoisotopic (exact) mass is 695 g/mol. The van der Waals surface area contributed by atoms with Crippen molar-refractivity contribution in [2.45, 2.75) is 6.61 Å². The zero-order chi connectivity index (χ0) is 37.6. The third-order valence-electron chi connectivity index (χ3n) is 6.68. The number of aromatic carboxylic acids is 6. The summed E-state index contributed by atoms with van der Waals surface area (Å²) in [6.07, 6.45) is 0. The first-order valence-electron chi connectivity index (χ1n) is 13.9. The van der Waals surface area contributed by atoms with Gasteiger partial charge in [-0.05, 0) is 112 Å². The van der Waals surface area contributed by atoms with Crippen molar-refractivity contribution in [3.8, 4) is 0 Å². The van der Waals surface area contributed by atoms with Gasteiger partial charge in [0.25, 0.3) is 11.8 Å². The third kappa shape index (κ3) is 9.27. The van der Waals surface area contributed by atoms with Gasteiger partial charge in [0.1, 0.15) is 0 Å². The molecule has 0 atom stereocenters. The van der Waals surface area contributed by atoms with E-state index in [0.717, 1.165) is 72.8 Å². The van der Waals surface area contributed by atoms with Crippen LogP contribution in [0.3, 0.4) is 0 Å². The van der Waals surface area contributed by atoms with Gasteiger partial charge in [0, 0.05) is 22.5 Å². The first-order chi connectivity index (χ1) is 24.0. The minimum atomic E-state index is -1.78. The first-order valence-corrected chi connectivity index (χ1v) is 13.9. The predicted octanol–water partition coefficient (Wildman–Crippen LogP) is -4.08. The van der Waals surface area contributed by atoms with E-state index in [1.54, 1.807) is 0 Å². The van der Waals surface area contributed by atoms with Crippen molar-refractivity contribution in [3.05, 3.63) is 123 Å². The smallest absolute Gasteiger partial charge is 0.255 e. The van der Waals surface area contributed by atoms with Gasteiger partial charge in [-0.1, -0.05) is 0 Å². The summed E-state index contributed by atoms with van der Waals surface area (Å²) >= 11 is 0. The highest BCUT2D eigenvalue weighted by atomic mass is 16.6. The highest BCUT2D eigenvalue weighted by Gasteiger charge is 2.16. The van der Waals surface area contributed by atoms with Gasteiger partial charge in [-0.25, -0.2) is 0 Å². The molecule has 4 rings (SSSR count). The first kappa shape index (κ1) is 36.2. The largest absolute Gasteiger partial charge is 0.545 e. The molecule has 0 bridgehead atoms. The van der Waals surface area contributed by atoms with Crippen LogP contribution in [0.5, 0.6) is 0 Å². The van der Waals surface area contributed by atoms with Crippen LogP contribution in [0.15, 0.2) is 72.8 Å². The minimum Gasteiger partial charge on any atom is -0.545 e. The maximum absolute atomic E-state index is 13.3. The number of amides is 2. The summed E-state index contributed by atoms with van der Waals surface area (Å²) in [6, 6.07) is 11.0. The highest BCUT2D eigenvalue weighted by Crippen LogP contribution is 2.21. The molecule has 0 spiro atoms. The molecule has 0 unspecified atom stereocenters. The van der Waals surface area contributed by atoms with E-state index in [1.165, 1.54) is 0 Å². The summed E-state index contributed by atoms with van der Waals surface area (Å²) < 4.78 is 0. The average Bonchev–Trinajstić information content (AvgIpc) is 3.07. The van der Waals surface area contributed by atoms with E-state index in [1.807, 2.05) is 0 Å². The molecule has 0 saturated heterocycles. The lowest BCUT2D eigenvalue weighted by Gasteiger charge is -2.15. The summed E-state index contributed by atoms with van der Waals surface area (Å²) in [6.45, 7) is -0.526. The normalized spacial score (nSPS) is 10.4. The maximum Gasteiger partial charge on any atom is 0.255 e. The van der Waals surface area contributed by atoms with Gasteiger partial charge in [-0.15, -0.1) is 0 Å². The third-order valence-corrected chi connectivity index (χ3v) is 6.68. The van der Waals surface area contributed by atoms with E-state index >= 15 is 0 Å². The molecule has 18 nitrogen and oxygen atoms in total. The number of hydrogen-bond donors (Lipinski definition) is 3. The summed E-state index contributed by atoms with van der Waals surface area (Å²) in [7, 11) is 0. The Bertz CT molecular complexity index is 1950. The number of carboxylic acid groups (broad SMARTS) is 6. The SMILES string of the molecule is O=C([O-])c1cc(NOCc2cc(C(=O)Nc3cc(C(=O)[O-])cc(C(=O)[O-])c3)cc(C(=O)Nc3cc(C(=O)[O-])cc(C(=O)[O-])c3)c2)cc(C(=O)[O-])c1. The van der Waals surface area contributed by atoms with Crippen LogP contribution in [0.4, 0.5) is 17.1 Å². The molecule has 0 saturated carbocycles. The Labute approximate surface area is 284 Å². The average molecular weight is 696 g/mol. The fourth-order valence-corrected chi connectivity index (χ4v) is 4.44. The molecule has 18 heteroatoms. The summed E-state index contributed by atoms with van der Waals surface area (Å²) in [4.78, 5) is 100. The summed E-state index contributed by atoms with van der Waals surface area (Å²) in [5, 5.41) is 72.7. The molecule has 0 radical (unpaired) electrons. The molecule has 4 aromatic carbocycles. The highest BCUT2D eigenvalue weighted by molar-refractivity contribution is 6.10. The number of hydrogen-bond acceptors (Lipinski definition) is 16. The fourth-order valence-electron chi connectivity index (χ4n) is 4.44. The van der Waals surface area contributed by atoms with E-state index in [4.69, 9.17) is 4.84 Å². The lowest BCUT2D eigenvalue weighted by Crippen LogP contribution is -2.26. The van der Waals surface area contributed by atoms with E-state index in [2.05, 4.69) is 16.1 Å². The van der Waals surface area contributed by atoms with Crippen molar-refractivity contribution >= 4 is 64.7 Å². The Morgan fingerprint density at radius 1 is 0.392 bits per heavy atom. The zero-order valence-electron chi connectivity index (χ0n) is 25.3. The van der Waals surface area contributed by atoms with Gasteiger partial charge in [-0.3, -0.25) is 19.9 Å². The molecule has 0 aliphatic rings. The van der Waals surface area contributed by atoms with E-state index in [9.17, 15) is 69.0 Å². The second-order valence-corrected chi connectivity index (χ2v) is 10.3. The summed E-state index contributed by atoms with van der Waals surface area (Å²) in [5.74, 6) is -12.6. The molecule has 2 amide bonds. The Hall–Kier alpha value is -7.60. The van der Waals surface area contributed by atoms with E-state index in [-0.39, 0.29) is 33.8 Å². The molecule has 3 N–H and O–H groups in total. The number of carboxylic acids is 6. The maximum atomic E-state index is 13.3. The van der Waals surface area contributed by atoms with Crippen LogP contribution < -0.4 is 46.8 Å². The predicted molar refractivity (Wildman–Crippen MR) is 156 cm³/mol. The Balaban J connectivity index is 1.69. The Morgan fingerprint density at radius 3 is 0.961 bits per heavy atom. The zero-order valence-corrected chi connectivity index (χ0v) is 25.3. The number of nitrogens with one attached hydrogen (secondary N) is 3. The lowest BCUT2D eigenvalue weighted by atomic mass is 10.0. The number of carbonyl (C=O) groups is 8. The lowest BCUT2D eigenvalue weighted by molar-refractivity contribution is -0.257. The van der Waals surface area contributed by atoms with E-state index in [0.29, 0.717) is 0 Å². The van der Waals surface area contributed by atoms with Gasteiger partial charge in [0.05, 0.1) is 48.1 Å². The molecular weight excluding hydrogens is 678 g/mol. The van der Waals surface area contributed by atoms with Crippen LogP contribution in [0.1, 0.15) is 88.4 Å². The molecule has 0 fully saturated rings. The summed E-state index contributed by atoms with van der Waals surface area (Å²) in [5.41, 5.74) is -2.78. The molecule has 0 aliphatic heterocycles. The van der Waals surface area contributed by atoms with E-state index < -0.39 is 87.6 Å². The van der Waals surface area contributed by atoms with Gasteiger partial charge >= 0.3 is 0 Å². The van der Waals surface area contributed by atoms with Crippen molar-refractivity contribution in [1.82, 2.24) is 0 Å². The van der Waals surface area contributed by atoms with Gasteiger partial charge < -0.3 is 70.0 Å².